The molecule has 2 aromatic heterocycles. The maximum absolute atomic E-state index is 12.8. The standard InChI is InChI=1S/C20H24N4O2/c1-7-26-20(25)17-14(6)22-15-9-12(4)23-24(15)19(17)16-10(2)8-11(3)18(21)13(16)5/h8-9H,7,21H2,1-6H3. The molecule has 0 saturated carbocycles. The number of fused-ring (bicyclic) bond motifs is 1. The second kappa shape index (κ2) is 6.44. The van der Waals surface area contributed by atoms with E-state index in [0.717, 1.165) is 27.9 Å². The van der Waals surface area contributed by atoms with E-state index in [1.165, 1.54) is 0 Å². The van der Waals surface area contributed by atoms with Gasteiger partial charge in [0, 0.05) is 17.3 Å². The van der Waals surface area contributed by atoms with Crippen LogP contribution in [0.1, 0.15) is 45.4 Å². The highest BCUT2D eigenvalue weighted by atomic mass is 16.5. The third-order valence-corrected chi connectivity index (χ3v) is 4.65. The van der Waals surface area contributed by atoms with Crippen LogP contribution in [0.2, 0.25) is 0 Å². The zero-order chi connectivity index (χ0) is 19.2. The fourth-order valence-corrected chi connectivity index (χ4v) is 3.48. The lowest BCUT2D eigenvalue weighted by Gasteiger charge is -2.19. The first-order valence-electron chi connectivity index (χ1n) is 8.67. The van der Waals surface area contributed by atoms with Gasteiger partial charge in [0.2, 0.25) is 0 Å². The SMILES string of the molecule is CCOC(=O)c1c(C)nc2cc(C)nn2c1-c1c(C)cc(C)c(N)c1C. The molecule has 0 amide bonds. The molecule has 0 atom stereocenters. The van der Waals surface area contributed by atoms with E-state index < -0.39 is 5.97 Å². The van der Waals surface area contributed by atoms with Gasteiger partial charge in [-0.1, -0.05) is 6.07 Å². The molecule has 0 unspecified atom stereocenters. The number of rotatable bonds is 3. The van der Waals surface area contributed by atoms with Crippen molar-refractivity contribution in [2.75, 3.05) is 12.3 Å². The van der Waals surface area contributed by atoms with Crippen molar-refractivity contribution in [1.29, 1.82) is 0 Å². The molecule has 1 aromatic carbocycles. The lowest BCUT2D eigenvalue weighted by atomic mass is 9.92. The molecule has 0 saturated heterocycles. The molecule has 6 nitrogen and oxygen atoms in total. The van der Waals surface area contributed by atoms with Crippen molar-refractivity contribution >= 4 is 17.3 Å². The molecule has 0 aliphatic heterocycles. The summed E-state index contributed by atoms with van der Waals surface area (Å²) >= 11 is 0. The monoisotopic (exact) mass is 352 g/mol. The predicted molar refractivity (Wildman–Crippen MR) is 102 cm³/mol. The molecular weight excluding hydrogens is 328 g/mol. The Kier molecular flexibility index (Phi) is 4.44. The average Bonchev–Trinajstić information content (AvgIpc) is 2.92. The van der Waals surface area contributed by atoms with Crippen LogP contribution in [0, 0.1) is 34.6 Å². The van der Waals surface area contributed by atoms with E-state index in [2.05, 4.69) is 10.1 Å². The number of carbonyl (C=O) groups is 1. The highest BCUT2D eigenvalue weighted by Crippen LogP contribution is 2.36. The maximum Gasteiger partial charge on any atom is 0.342 e. The molecule has 3 aromatic rings. The Morgan fingerprint density at radius 1 is 1.15 bits per heavy atom. The number of nitrogens with two attached hydrogens (primary N) is 1. The quantitative estimate of drug-likeness (QED) is 0.574. The Labute approximate surface area is 153 Å². The summed E-state index contributed by atoms with van der Waals surface area (Å²) in [6.45, 7) is 11.8. The number of hydrogen-bond acceptors (Lipinski definition) is 5. The molecule has 0 aliphatic carbocycles. The number of anilines is 1. The van der Waals surface area contributed by atoms with Crippen molar-refractivity contribution in [1.82, 2.24) is 14.6 Å². The van der Waals surface area contributed by atoms with Crippen LogP contribution in [0.3, 0.4) is 0 Å². The third kappa shape index (κ3) is 2.71. The van der Waals surface area contributed by atoms with E-state index in [1.54, 1.807) is 11.4 Å². The Morgan fingerprint density at radius 3 is 2.50 bits per heavy atom. The van der Waals surface area contributed by atoms with E-state index in [-0.39, 0.29) is 0 Å². The van der Waals surface area contributed by atoms with Crippen LogP contribution in [-0.4, -0.2) is 27.2 Å². The van der Waals surface area contributed by atoms with E-state index in [4.69, 9.17) is 10.5 Å². The summed E-state index contributed by atoms with van der Waals surface area (Å²) in [7, 11) is 0. The summed E-state index contributed by atoms with van der Waals surface area (Å²) in [6.07, 6.45) is 0. The van der Waals surface area contributed by atoms with Crippen molar-refractivity contribution in [2.45, 2.75) is 41.5 Å². The molecule has 2 heterocycles. The number of carbonyl (C=O) groups excluding carboxylic acids is 1. The molecule has 3 rings (SSSR count). The first-order valence-corrected chi connectivity index (χ1v) is 8.67. The second-order valence-electron chi connectivity index (χ2n) is 6.62. The van der Waals surface area contributed by atoms with Gasteiger partial charge in [-0.3, -0.25) is 0 Å². The zero-order valence-corrected chi connectivity index (χ0v) is 16.1. The number of aryl methyl sites for hydroxylation is 4. The van der Waals surface area contributed by atoms with Crippen LogP contribution < -0.4 is 5.73 Å². The fraction of sp³-hybridized carbons (Fsp3) is 0.350. The predicted octanol–water partition coefficient (Wildman–Crippen LogP) is 3.70. The molecule has 0 aliphatic rings. The molecule has 136 valence electrons. The van der Waals surface area contributed by atoms with Crippen molar-refractivity contribution in [3.05, 3.63) is 45.8 Å². The summed E-state index contributed by atoms with van der Waals surface area (Å²) in [5.41, 5.74) is 14.1. The van der Waals surface area contributed by atoms with Crippen LogP contribution in [0.15, 0.2) is 12.1 Å². The maximum atomic E-state index is 12.8. The van der Waals surface area contributed by atoms with Gasteiger partial charge in [0.15, 0.2) is 5.65 Å². The minimum Gasteiger partial charge on any atom is -0.462 e. The number of benzene rings is 1. The summed E-state index contributed by atoms with van der Waals surface area (Å²) in [6, 6.07) is 3.93. The molecule has 26 heavy (non-hydrogen) atoms. The summed E-state index contributed by atoms with van der Waals surface area (Å²) < 4.78 is 7.03. The van der Waals surface area contributed by atoms with Gasteiger partial charge in [-0.15, -0.1) is 0 Å². The minimum absolute atomic E-state index is 0.294. The third-order valence-electron chi connectivity index (χ3n) is 4.65. The van der Waals surface area contributed by atoms with Crippen molar-refractivity contribution in [3.8, 4) is 11.3 Å². The second-order valence-corrected chi connectivity index (χ2v) is 6.62. The number of nitrogens with zero attached hydrogens (tertiary/aromatic N) is 3. The molecule has 0 radical (unpaired) electrons. The van der Waals surface area contributed by atoms with Gasteiger partial charge < -0.3 is 10.5 Å². The Morgan fingerprint density at radius 2 is 1.85 bits per heavy atom. The fourth-order valence-electron chi connectivity index (χ4n) is 3.48. The van der Waals surface area contributed by atoms with Gasteiger partial charge in [-0.25, -0.2) is 14.3 Å². The van der Waals surface area contributed by atoms with Crippen molar-refractivity contribution in [3.63, 3.8) is 0 Å². The van der Waals surface area contributed by atoms with Gasteiger partial charge in [0.1, 0.15) is 5.56 Å². The van der Waals surface area contributed by atoms with Gasteiger partial charge in [-0.05, 0) is 58.2 Å². The topological polar surface area (TPSA) is 82.5 Å². The lowest BCUT2D eigenvalue weighted by Crippen LogP contribution is -2.15. The molecule has 0 bridgehead atoms. The Hall–Kier alpha value is -2.89. The zero-order valence-electron chi connectivity index (χ0n) is 16.1. The van der Waals surface area contributed by atoms with Crippen LogP contribution in [0.4, 0.5) is 5.69 Å². The minimum atomic E-state index is -0.402. The summed E-state index contributed by atoms with van der Waals surface area (Å²) in [5.74, 6) is -0.402. The van der Waals surface area contributed by atoms with Crippen LogP contribution >= 0.6 is 0 Å². The lowest BCUT2D eigenvalue weighted by molar-refractivity contribution is 0.0525. The molecule has 0 fully saturated rings. The van der Waals surface area contributed by atoms with Gasteiger partial charge in [0.25, 0.3) is 0 Å². The van der Waals surface area contributed by atoms with Crippen LogP contribution in [0.5, 0.6) is 0 Å². The van der Waals surface area contributed by atoms with E-state index in [0.29, 0.717) is 34.9 Å². The number of aromatic nitrogens is 3. The number of ether oxygens (including phenoxy) is 1. The Bertz CT molecular complexity index is 1030. The average molecular weight is 352 g/mol. The van der Waals surface area contributed by atoms with E-state index >= 15 is 0 Å². The molecule has 2 N–H and O–H groups in total. The number of nitrogen functional groups attached to an aromatic ring is 1. The van der Waals surface area contributed by atoms with Crippen LogP contribution in [-0.2, 0) is 4.74 Å². The van der Waals surface area contributed by atoms with E-state index in [1.807, 2.05) is 46.8 Å². The molecule has 6 heteroatoms. The van der Waals surface area contributed by atoms with Crippen molar-refractivity contribution < 1.29 is 9.53 Å². The first kappa shape index (κ1) is 17.9. The van der Waals surface area contributed by atoms with Crippen LogP contribution in [0.25, 0.3) is 16.9 Å². The van der Waals surface area contributed by atoms with Gasteiger partial charge in [-0.2, -0.15) is 5.10 Å². The molecule has 0 spiro atoms. The summed E-state index contributed by atoms with van der Waals surface area (Å²) in [5, 5.41) is 4.57. The van der Waals surface area contributed by atoms with Gasteiger partial charge in [0.05, 0.1) is 23.7 Å². The summed E-state index contributed by atoms with van der Waals surface area (Å²) in [4.78, 5) is 17.3. The normalized spacial score (nSPS) is 11.2. The smallest absolute Gasteiger partial charge is 0.342 e. The van der Waals surface area contributed by atoms with Crippen molar-refractivity contribution in [2.24, 2.45) is 0 Å². The first-order chi connectivity index (χ1) is 12.3. The van der Waals surface area contributed by atoms with E-state index in [9.17, 15) is 4.79 Å². The largest absolute Gasteiger partial charge is 0.462 e. The highest BCUT2D eigenvalue weighted by molar-refractivity contribution is 5.99. The number of hydrogen-bond donors (Lipinski definition) is 1. The highest BCUT2D eigenvalue weighted by Gasteiger charge is 2.25. The van der Waals surface area contributed by atoms with Gasteiger partial charge >= 0.3 is 5.97 Å². The molecular formula is C20H24N4O2. The Balaban J connectivity index is 2.50. The number of esters is 1.